The molecule has 0 saturated carbocycles. The molecule has 0 aliphatic heterocycles. The quantitative estimate of drug-likeness (QED) is 0.775. The van der Waals surface area contributed by atoms with Crippen LogP contribution in [0.4, 0.5) is 0 Å². The Balaban J connectivity index is 2.59. The van der Waals surface area contributed by atoms with Gasteiger partial charge in [0.2, 0.25) is 0 Å². The van der Waals surface area contributed by atoms with Crippen molar-refractivity contribution in [3.05, 3.63) is 57.2 Å². The fraction of sp³-hybridized carbons (Fsp3) is 0.412. The molecule has 2 rings (SSSR count). The fourth-order valence-corrected chi connectivity index (χ4v) is 3.05. The van der Waals surface area contributed by atoms with E-state index >= 15 is 0 Å². The van der Waals surface area contributed by atoms with Crippen LogP contribution in [0.1, 0.15) is 40.5 Å². The zero-order valence-electron chi connectivity index (χ0n) is 12.0. The Labute approximate surface area is 124 Å². The van der Waals surface area contributed by atoms with Gasteiger partial charge in [0.15, 0.2) is 12.1 Å². The molecule has 0 N–H and O–H groups in total. The van der Waals surface area contributed by atoms with Gasteiger partial charge in [0, 0.05) is 0 Å². The van der Waals surface area contributed by atoms with E-state index in [2.05, 4.69) is 9.69 Å². The summed E-state index contributed by atoms with van der Waals surface area (Å²) in [6, 6.07) is 6.64. The van der Waals surface area contributed by atoms with Gasteiger partial charge in [0.1, 0.15) is 0 Å². The standard InChI is InChI=1S/C17H14N4/c1-10-5-12-13(6-11(10)2)15(17(9-19)21-4)7-14(12)16(8-18)20-3/h5-6,14-17H,7H2,1-2H3. The zero-order valence-corrected chi connectivity index (χ0v) is 12.0. The number of hydrogen-bond donors (Lipinski definition) is 0. The van der Waals surface area contributed by atoms with Gasteiger partial charge in [-0.2, -0.15) is 10.5 Å². The minimum Gasteiger partial charge on any atom is -0.297 e. The van der Waals surface area contributed by atoms with Crippen molar-refractivity contribution in [1.29, 1.82) is 10.5 Å². The first-order chi connectivity index (χ1) is 10.1. The maximum absolute atomic E-state index is 9.19. The molecule has 0 bridgehead atoms. The number of aryl methyl sites for hydroxylation is 2. The third-order valence-electron chi connectivity index (χ3n) is 4.31. The van der Waals surface area contributed by atoms with Crippen LogP contribution in [0, 0.1) is 49.7 Å². The highest BCUT2D eigenvalue weighted by Gasteiger charge is 2.45. The highest BCUT2D eigenvalue weighted by atomic mass is 14.8. The van der Waals surface area contributed by atoms with E-state index in [0.717, 1.165) is 22.3 Å². The normalized spacial score (nSPS) is 22.0. The Morgan fingerprint density at radius 1 is 1.00 bits per heavy atom. The van der Waals surface area contributed by atoms with E-state index in [0.29, 0.717) is 6.42 Å². The van der Waals surface area contributed by atoms with Crippen LogP contribution in [0.15, 0.2) is 12.1 Å². The summed E-state index contributed by atoms with van der Waals surface area (Å²) in [7, 11) is 0. The SMILES string of the molecule is [C-]#[N+]C(C#N)C1CC(C(C#N)[N+]#[C-])c2cc(C)c(C)cc21. The number of hydrogen-bond acceptors (Lipinski definition) is 2. The second kappa shape index (κ2) is 5.66. The van der Waals surface area contributed by atoms with Gasteiger partial charge in [-0.1, -0.05) is 12.1 Å². The lowest BCUT2D eigenvalue weighted by atomic mass is 9.92. The monoisotopic (exact) mass is 274 g/mol. The molecule has 0 spiro atoms. The van der Waals surface area contributed by atoms with Crippen LogP contribution in [-0.2, 0) is 0 Å². The summed E-state index contributed by atoms with van der Waals surface area (Å²) in [4.78, 5) is 6.83. The largest absolute Gasteiger partial charge is 0.313 e. The molecular weight excluding hydrogens is 260 g/mol. The first-order valence-corrected chi connectivity index (χ1v) is 6.70. The summed E-state index contributed by atoms with van der Waals surface area (Å²) < 4.78 is 0. The van der Waals surface area contributed by atoms with Gasteiger partial charge in [-0.3, -0.25) is 9.69 Å². The van der Waals surface area contributed by atoms with Crippen molar-refractivity contribution in [1.82, 2.24) is 0 Å². The highest BCUT2D eigenvalue weighted by molar-refractivity contribution is 5.48. The van der Waals surface area contributed by atoms with E-state index in [1.807, 2.05) is 38.1 Å². The van der Waals surface area contributed by atoms with E-state index < -0.39 is 12.1 Å². The van der Waals surface area contributed by atoms with E-state index in [-0.39, 0.29) is 11.8 Å². The van der Waals surface area contributed by atoms with Crippen molar-refractivity contribution in [3.63, 3.8) is 0 Å². The van der Waals surface area contributed by atoms with Gasteiger partial charge in [-0.05, 0) is 42.5 Å². The molecular formula is C17H14N4. The second-order valence-electron chi connectivity index (χ2n) is 5.42. The van der Waals surface area contributed by atoms with Crippen molar-refractivity contribution < 1.29 is 0 Å². The summed E-state index contributed by atoms with van der Waals surface area (Å²) in [6.45, 7) is 18.4. The molecule has 102 valence electrons. The lowest BCUT2D eigenvalue weighted by molar-refractivity contribution is 0.573. The molecule has 4 nitrogen and oxygen atoms in total. The average Bonchev–Trinajstić information content (AvgIpc) is 2.82. The predicted octanol–water partition coefficient (Wildman–Crippen LogP) is 3.50. The maximum atomic E-state index is 9.19. The van der Waals surface area contributed by atoms with Gasteiger partial charge < -0.3 is 0 Å². The van der Waals surface area contributed by atoms with Crippen LogP contribution in [0.3, 0.4) is 0 Å². The van der Waals surface area contributed by atoms with Gasteiger partial charge in [0.05, 0.1) is 11.8 Å². The minimum absolute atomic E-state index is 0.204. The topological polar surface area (TPSA) is 56.3 Å². The van der Waals surface area contributed by atoms with E-state index in [1.165, 1.54) is 0 Å². The van der Waals surface area contributed by atoms with Crippen LogP contribution in [-0.4, -0.2) is 12.1 Å². The van der Waals surface area contributed by atoms with Crippen molar-refractivity contribution in [2.24, 2.45) is 0 Å². The van der Waals surface area contributed by atoms with Crippen molar-refractivity contribution >= 4 is 0 Å². The van der Waals surface area contributed by atoms with Crippen LogP contribution in [0.2, 0.25) is 0 Å². The molecule has 0 radical (unpaired) electrons. The van der Waals surface area contributed by atoms with Crippen LogP contribution < -0.4 is 0 Å². The zero-order chi connectivity index (χ0) is 15.6. The maximum Gasteiger partial charge on any atom is 0.313 e. The summed E-state index contributed by atoms with van der Waals surface area (Å²) in [5.74, 6) is -0.409. The number of rotatable bonds is 2. The molecule has 4 heteroatoms. The Morgan fingerprint density at radius 2 is 1.38 bits per heavy atom. The number of nitrogens with zero attached hydrogens (tertiary/aromatic N) is 4. The summed E-state index contributed by atoms with van der Waals surface area (Å²) in [5, 5.41) is 18.4. The molecule has 0 heterocycles. The lowest BCUT2D eigenvalue weighted by Gasteiger charge is -2.11. The Hall–Kier alpha value is -2.82. The van der Waals surface area contributed by atoms with Gasteiger partial charge >= 0.3 is 12.1 Å². The Morgan fingerprint density at radius 3 is 1.67 bits per heavy atom. The second-order valence-corrected chi connectivity index (χ2v) is 5.42. The third kappa shape index (κ3) is 2.33. The highest BCUT2D eigenvalue weighted by Crippen LogP contribution is 2.47. The van der Waals surface area contributed by atoms with Crippen molar-refractivity contribution in [2.45, 2.75) is 44.2 Å². The van der Waals surface area contributed by atoms with E-state index in [4.69, 9.17) is 13.1 Å². The van der Waals surface area contributed by atoms with E-state index in [9.17, 15) is 10.5 Å². The third-order valence-corrected chi connectivity index (χ3v) is 4.31. The van der Waals surface area contributed by atoms with Gasteiger partial charge in [-0.25, -0.2) is 13.1 Å². The van der Waals surface area contributed by atoms with Crippen LogP contribution >= 0.6 is 0 Å². The summed E-state index contributed by atoms with van der Waals surface area (Å²) in [5.41, 5.74) is 4.15. The Kier molecular flexibility index (Phi) is 3.93. The minimum atomic E-state index is -0.749. The molecule has 0 aromatic heterocycles. The molecule has 1 aromatic rings. The fourth-order valence-electron chi connectivity index (χ4n) is 3.05. The first kappa shape index (κ1) is 14.6. The molecule has 0 amide bonds. The number of nitriles is 2. The van der Waals surface area contributed by atoms with Crippen molar-refractivity contribution in [2.75, 3.05) is 0 Å². The summed E-state index contributed by atoms with van der Waals surface area (Å²) >= 11 is 0. The Bertz CT molecular complexity index is 645. The van der Waals surface area contributed by atoms with Crippen LogP contribution in [0.25, 0.3) is 9.69 Å². The van der Waals surface area contributed by atoms with Crippen molar-refractivity contribution in [3.8, 4) is 12.1 Å². The smallest absolute Gasteiger partial charge is 0.297 e. The number of benzene rings is 1. The molecule has 4 unspecified atom stereocenters. The molecule has 1 aliphatic rings. The van der Waals surface area contributed by atoms with Gasteiger partial charge in [0.25, 0.3) is 0 Å². The molecule has 1 aliphatic carbocycles. The number of fused-ring (bicyclic) bond motifs is 1. The molecule has 1 aromatic carbocycles. The molecule has 4 atom stereocenters. The summed E-state index contributed by atoms with van der Waals surface area (Å²) in [6.07, 6.45) is 0.527. The predicted molar refractivity (Wildman–Crippen MR) is 78.0 cm³/mol. The first-order valence-electron chi connectivity index (χ1n) is 6.70. The average molecular weight is 274 g/mol. The molecule has 0 saturated heterocycles. The van der Waals surface area contributed by atoms with Crippen LogP contribution in [0.5, 0.6) is 0 Å². The van der Waals surface area contributed by atoms with E-state index in [1.54, 1.807) is 0 Å². The van der Waals surface area contributed by atoms with Gasteiger partial charge in [-0.15, -0.1) is 0 Å². The molecule has 21 heavy (non-hydrogen) atoms. The molecule has 0 fully saturated rings. The lowest BCUT2D eigenvalue weighted by Crippen LogP contribution is -2.13.